The molecule has 1 aliphatic rings. The van der Waals surface area contributed by atoms with Gasteiger partial charge in [-0.15, -0.1) is 0 Å². The third-order valence-electron chi connectivity index (χ3n) is 3.83. The molecule has 1 amide bonds. The van der Waals surface area contributed by atoms with Gasteiger partial charge in [0.05, 0.1) is 0 Å². The van der Waals surface area contributed by atoms with Crippen molar-refractivity contribution in [1.29, 1.82) is 0 Å². The van der Waals surface area contributed by atoms with E-state index in [0.717, 1.165) is 19.3 Å². The van der Waals surface area contributed by atoms with E-state index in [9.17, 15) is 9.59 Å². The van der Waals surface area contributed by atoms with Crippen molar-refractivity contribution in [2.75, 3.05) is 0 Å². The van der Waals surface area contributed by atoms with Crippen molar-refractivity contribution in [1.82, 2.24) is 5.32 Å². The predicted molar refractivity (Wildman–Crippen MR) is 76.8 cm³/mol. The number of carboxylic acid groups (broad SMARTS) is 1. The lowest BCUT2D eigenvalue weighted by molar-refractivity contribution is -0.140. The van der Waals surface area contributed by atoms with Gasteiger partial charge >= 0.3 is 5.97 Å². The first kappa shape index (κ1) is 14.6. The smallest absolute Gasteiger partial charge is 0.326 e. The molecule has 0 aliphatic heterocycles. The fourth-order valence-electron chi connectivity index (χ4n) is 2.61. The zero-order valence-electron chi connectivity index (χ0n) is 12.0. The standard InChI is InChI=1S/C16H21NO3/c1-10(2)14(16(19)20)17-15(18)13-8-7-11-5-3-4-6-12(11)9-13/h7-10,14H,3-6H2,1-2H3,(H,17,18)(H,19,20)/t14-/m0/s1. The number of hydrogen-bond donors (Lipinski definition) is 2. The third-order valence-corrected chi connectivity index (χ3v) is 3.83. The number of aryl methyl sites for hydroxylation is 2. The second-order valence-electron chi connectivity index (χ2n) is 5.72. The number of amides is 1. The number of carbonyl (C=O) groups is 2. The number of benzene rings is 1. The normalized spacial score (nSPS) is 15.6. The first-order valence-electron chi connectivity index (χ1n) is 7.14. The molecule has 1 aromatic carbocycles. The minimum Gasteiger partial charge on any atom is -0.480 e. The molecule has 0 fully saturated rings. The summed E-state index contributed by atoms with van der Waals surface area (Å²) in [6.45, 7) is 3.57. The largest absolute Gasteiger partial charge is 0.480 e. The second-order valence-corrected chi connectivity index (χ2v) is 5.72. The van der Waals surface area contributed by atoms with E-state index in [1.807, 2.05) is 12.1 Å². The summed E-state index contributed by atoms with van der Waals surface area (Å²) in [6.07, 6.45) is 4.43. The van der Waals surface area contributed by atoms with E-state index in [-0.39, 0.29) is 11.8 Å². The van der Waals surface area contributed by atoms with Crippen LogP contribution in [0, 0.1) is 5.92 Å². The van der Waals surface area contributed by atoms with Gasteiger partial charge in [0.15, 0.2) is 0 Å². The molecule has 4 heteroatoms. The lowest BCUT2D eigenvalue weighted by Gasteiger charge is -2.19. The van der Waals surface area contributed by atoms with Gasteiger partial charge in [0, 0.05) is 5.56 Å². The van der Waals surface area contributed by atoms with Crippen LogP contribution in [0.25, 0.3) is 0 Å². The molecule has 2 rings (SSSR count). The number of nitrogens with one attached hydrogen (secondary N) is 1. The Kier molecular flexibility index (Phi) is 4.42. The molecule has 1 aromatic rings. The van der Waals surface area contributed by atoms with Gasteiger partial charge in [0.1, 0.15) is 6.04 Å². The highest BCUT2D eigenvalue weighted by Crippen LogP contribution is 2.22. The Morgan fingerprint density at radius 2 is 1.80 bits per heavy atom. The van der Waals surface area contributed by atoms with E-state index in [1.54, 1.807) is 19.9 Å². The Morgan fingerprint density at radius 3 is 2.40 bits per heavy atom. The maximum atomic E-state index is 12.2. The molecule has 1 aliphatic carbocycles. The van der Waals surface area contributed by atoms with Crippen LogP contribution in [0.5, 0.6) is 0 Å². The summed E-state index contributed by atoms with van der Waals surface area (Å²) in [5.41, 5.74) is 3.09. The topological polar surface area (TPSA) is 66.4 Å². The summed E-state index contributed by atoms with van der Waals surface area (Å²) in [5.74, 6) is -1.44. The summed E-state index contributed by atoms with van der Waals surface area (Å²) in [6, 6.07) is 4.84. The van der Waals surface area contributed by atoms with Gasteiger partial charge in [-0.1, -0.05) is 19.9 Å². The number of fused-ring (bicyclic) bond motifs is 1. The van der Waals surface area contributed by atoms with Crippen molar-refractivity contribution in [3.05, 3.63) is 34.9 Å². The van der Waals surface area contributed by atoms with Crippen LogP contribution in [0.15, 0.2) is 18.2 Å². The average Bonchev–Trinajstić information content (AvgIpc) is 2.43. The van der Waals surface area contributed by atoms with E-state index in [4.69, 9.17) is 5.11 Å². The van der Waals surface area contributed by atoms with Crippen LogP contribution in [-0.4, -0.2) is 23.0 Å². The molecule has 0 unspecified atom stereocenters. The molecule has 4 nitrogen and oxygen atoms in total. The zero-order chi connectivity index (χ0) is 14.7. The highest BCUT2D eigenvalue weighted by Gasteiger charge is 2.24. The first-order chi connectivity index (χ1) is 9.49. The Morgan fingerprint density at radius 1 is 1.15 bits per heavy atom. The van der Waals surface area contributed by atoms with E-state index in [1.165, 1.54) is 17.5 Å². The van der Waals surface area contributed by atoms with Crippen LogP contribution in [0.3, 0.4) is 0 Å². The molecule has 0 saturated carbocycles. The molecule has 0 saturated heterocycles. The van der Waals surface area contributed by atoms with E-state index in [2.05, 4.69) is 5.32 Å². The molecule has 2 N–H and O–H groups in total. The SMILES string of the molecule is CC(C)[C@H](NC(=O)c1ccc2c(c1)CCCC2)C(=O)O. The van der Waals surface area contributed by atoms with Crippen molar-refractivity contribution in [2.45, 2.75) is 45.6 Å². The van der Waals surface area contributed by atoms with Crippen LogP contribution in [0.1, 0.15) is 48.2 Å². The molecule has 1 atom stereocenters. The number of rotatable bonds is 4. The minimum atomic E-state index is -0.994. The minimum absolute atomic E-state index is 0.144. The summed E-state index contributed by atoms with van der Waals surface area (Å²) >= 11 is 0. The van der Waals surface area contributed by atoms with Crippen molar-refractivity contribution >= 4 is 11.9 Å². The monoisotopic (exact) mass is 275 g/mol. The Balaban J connectivity index is 2.15. The summed E-state index contributed by atoms with van der Waals surface area (Å²) in [5, 5.41) is 11.7. The Labute approximate surface area is 119 Å². The van der Waals surface area contributed by atoms with E-state index in [0.29, 0.717) is 5.56 Å². The number of hydrogen-bond acceptors (Lipinski definition) is 2. The van der Waals surface area contributed by atoms with Crippen molar-refractivity contribution in [2.24, 2.45) is 5.92 Å². The molecule has 20 heavy (non-hydrogen) atoms. The van der Waals surface area contributed by atoms with Crippen LogP contribution in [0.2, 0.25) is 0 Å². The van der Waals surface area contributed by atoms with Crippen LogP contribution >= 0.6 is 0 Å². The van der Waals surface area contributed by atoms with Crippen LogP contribution < -0.4 is 5.32 Å². The van der Waals surface area contributed by atoms with Gasteiger partial charge in [-0.05, 0) is 54.9 Å². The fourth-order valence-corrected chi connectivity index (χ4v) is 2.61. The first-order valence-corrected chi connectivity index (χ1v) is 7.14. The quantitative estimate of drug-likeness (QED) is 0.886. The lowest BCUT2D eigenvalue weighted by Crippen LogP contribution is -2.44. The van der Waals surface area contributed by atoms with E-state index >= 15 is 0 Å². The molecular weight excluding hydrogens is 254 g/mol. The molecule has 108 valence electrons. The Bertz CT molecular complexity index is 522. The van der Waals surface area contributed by atoms with Gasteiger partial charge < -0.3 is 10.4 Å². The van der Waals surface area contributed by atoms with Crippen molar-refractivity contribution in [3.8, 4) is 0 Å². The average molecular weight is 275 g/mol. The number of aliphatic carboxylic acids is 1. The highest BCUT2D eigenvalue weighted by atomic mass is 16.4. The fraction of sp³-hybridized carbons (Fsp3) is 0.500. The maximum Gasteiger partial charge on any atom is 0.326 e. The predicted octanol–water partition coefficient (Wildman–Crippen LogP) is 2.40. The van der Waals surface area contributed by atoms with Gasteiger partial charge in [0.2, 0.25) is 0 Å². The molecule has 0 aromatic heterocycles. The molecular formula is C16H21NO3. The number of carboxylic acids is 1. The zero-order valence-corrected chi connectivity index (χ0v) is 12.0. The molecule has 0 heterocycles. The van der Waals surface area contributed by atoms with E-state index < -0.39 is 12.0 Å². The Hall–Kier alpha value is -1.84. The molecule has 0 spiro atoms. The third kappa shape index (κ3) is 3.18. The van der Waals surface area contributed by atoms with Crippen molar-refractivity contribution in [3.63, 3.8) is 0 Å². The molecule has 0 bridgehead atoms. The maximum absolute atomic E-state index is 12.2. The van der Waals surface area contributed by atoms with Crippen molar-refractivity contribution < 1.29 is 14.7 Å². The molecule has 0 radical (unpaired) electrons. The van der Waals surface area contributed by atoms with Gasteiger partial charge in [-0.25, -0.2) is 4.79 Å². The second kappa shape index (κ2) is 6.07. The summed E-state index contributed by atoms with van der Waals surface area (Å²) < 4.78 is 0. The summed E-state index contributed by atoms with van der Waals surface area (Å²) in [4.78, 5) is 23.3. The lowest BCUT2D eigenvalue weighted by atomic mass is 9.90. The number of carbonyl (C=O) groups excluding carboxylic acids is 1. The summed E-state index contributed by atoms with van der Waals surface area (Å²) in [7, 11) is 0. The van der Waals surface area contributed by atoms with Crippen LogP contribution in [0.4, 0.5) is 0 Å². The van der Waals surface area contributed by atoms with Gasteiger partial charge in [-0.3, -0.25) is 4.79 Å². The highest BCUT2D eigenvalue weighted by molar-refractivity contribution is 5.96. The van der Waals surface area contributed by atoms with Gasteiger partial charge in [0.25, 0.3) is 5.91 Å². The van der Waals surface area contributed by atoms with Crippen LogP contribution in [-0.2, 0) is 17.6 Å². The van der Waals surface area contributed by atoms with Gasteiger partial charge in [-0.2, -0.15) is 0 Å².